The maximum atomic E-state index is 14.3. The normalized spacial score (nSPS) is 18.4. The highest BCUT2D eigenvalue weighted by Crippen LogP contribution is 2.25. The summed E-state index contributed by atoms with van der Waals surface area (Å²) in [6, 6.07) is 14.2. The molecule has 108 valence electrons. The monoisotopic (exact) mass is 283 g/mol. The molecule has 0 bridgehead atoms. The Morgan fingerprint density at radius 1 is 1.14 bits per heavy atom. The lowest BCUT2D eigenvalue weighted by atomic mass is 9.90. The molecule has 1 aliphatic rings. The van der Waals surface area contributed by atoms with Crippen LogP contribution >= 0.6 is 0 Å². The second kappa shape index (κ2) is 6.19. The molecule has 0 unspecified atom stereocenters. The lowest BCUT2D eigenvalue weighted by Crippen LogP contribution is -2.34. The average molecular weight is 283 g/mol. The van der Waals surface area contributed by atoms with E-state index in [0.717, 1.165) is 24.9 Å². The van der Waals surface area contributed by atoms with Crippen LogP contribution in [0, 0.1) is 11.7 Å². The van der Waals surface area contributed by atoms with E-state index >= 15 is 0 Å². The predicted molar refractivity (Wildman–Crippen MR) is 81.8 cm³/mol. The molecule has 1 saturated heterocycles. The number of nitrogens with one attached hydrogen (secondary N) is 1. The summed E-state index contributed by atoms with van der Waals surface area (Å²) in [4.78, 5) is 12.4. The van der Waals surface area contributed by atoms with Crippen molar-refractivity contribution in [3.05, 3.63) is 59.9 Å². The standard InChI is InChI=1S/C18H18FNO/c19-17-11-14(18(21)15-7-4-10-20-12-15)8-9-16(17)13-5-2-1-3-6-13/h1-3,5-6,8-9,11,15,20H,4,7,10,12H2/t15-/m1/s1. The fraction of sp³-hybridized carbons (Fsp3) is 0.278. The molecule has 0 spiro atoms. The minimum absolute atomic E-state index is 0.0271. The summed E-state index contributed by atoms with van der Waals surface area (Å²) in [6.07, 6.45) is 1.88. The van der Waals surface area contributed by atoms with Gasteiger partial charge >= 0.3 is 0 Å². The van der Waals surface area contributed by atoms with Crippen LogP contribution in [0.2, 0.25) is 0 Å². The van der Waals surface area contributed by atoms with Crippen molar-refractivity contribution < 1.29 is 9.18 Å². The highest BCUT2D eigenvalue weighted by Gasteiger charge is 2.22. The quantitative estimate of drug-likeness (QED) is 0.871. The first kappa shape index (κ1) is 14.0. The van der Waals surface area contributed by atoms with Crippen molar-refractivity contribution in [3.63, 3.8) is 0 Å². The molecule has 3 heteroatoms. The fourth-order valence-electron chi connectivity index (χ4n) is 2.83. The number of hydrogen-bond donors (Lipinski definition) is 1. The molecule has 1 N–H and O–H groups in total. The average Bonchev–Trinajstić information content (AvgIpc) is 2.55. The first-order valence-corrected chi connectivity index (χ1v) is 7.35. The fourth-order valence-corrected chi connectivity index (χ4v) is 2.83. The Morgan fingerprint density at radius 2 is 1.95 bits per heavy atom. The molecule has 3 rings (SSSR count). The molecule has 0 amide bonds. The van der Waals surface area contributed by atoms with Crippen LogP contribution in [0.1, 0.15) is 23.2 Å². The maximum Gasteiger partial charge on any atom is 0.167 e. The van der Waals surface area contributed by atoms with Gasteiger partial charge < -0.3 is 5.32 Å². The van der Waals surface area contributed by atoms with Crippen molar-refractivity contribution in [3.8, 4) is 11.1 Å². The summed E-state index contributed by atoms with van der Waals surface area (Å²) in [5, 5.41) is 3.22. The zero-order chi connectivity index (χ0) is 14.7. The highest BCUT2D eigenvalue weighted by atomic mass is 19.1. The van der Waals surface area contributed by atoms with Crippen molar-refractivity contribution >= 4 is 5.78 Å². The smallest absolute Gasteiger partial charge is 0.167 e. The van der Waals surface area contributed by atoms with Crippen molar-refractivity contribution in [1.82, 2.24) is 5.32 Å². The first-order chi connectivity index (χ1) is 10.3. The van der Waals surface area contributed by atoms with Gasteiger partial charge in [-0.3, -0.25) is 4.79 Å². The minimum atomic E-state index is -0.337. The van der Waals surface area contributed by atoms with Crippen LogP contribution < -0.4 is 5.32 Å². The van der Waals surface area contributed by atoms with E-state index < -0.39 is 0 Å². The summed E-state index contributed by atoms with van der Waals surface area (Å²) < 4.78 is 14.3. The van der Waals surface area contributed by atoms with Gasteiger partial charge in [-0.25, -0.2) is 4.39 Å². The van der Waals surface area contributed by atoms with Crippen molar-refractivity contribution in [2.45, 2.75) is 12.8 Å². The van der Waals surface area contributed by atoms with E-state index in [1.165, 1.54) is 6.07 Å². The highest BCUT2D eigenvalue weighted by molar-refractivity contribution is 5.98. The number of carbonyl (C=O) groups excluding carboxylic acids is 1. The number of benzene rings is 2. The van der Waals surface area contributed by atoms with Crippen LogP contribution in [0.15, 0.2) is 48.5 Å². The van der Waals surface area contributed by atoms with E-state index in [-0.39, 0.29) is 17.5 Å². The molecule has 0 aliphatic carbocycles. The lowest BCUT2D eigenvalue weighted by molar-refractivity contribution is 0.0899. The third kappa shape index (κ3) is 3.03. The predicted octanol–water partition coefficient (Wildman–Crippen LogP) is 3.68. The van der Waals surface area contributed by atoms with Gasteiger partial charge in [0, 0.05) is 23.6 Å². The first-order valence-electron chi connectivity index (χ1n) is 7.35. The Labute approximate surface area is 124 Å². The zero-order valence-corrected chi connectivity index (χ0v) is 11.8. The zero-order valence-electron chi connectivity index (χ0n) is 11.8. The number of ketones is 1. The Balaban J connectivity index is 1.85. The maximum absolute atomic E-state index is 14.3. The largest absolute Gasteiger partial charge is 0.316 e. The Morgan fingerprint density at radius 3 is 2.62 bits per heavy atom. The van der Waals surface area contributed by atoms with Gasteiger partial charge in [0.05, 0.1) is 0 Å². The summed E-state index contributed by atoms with van der Waals surface area (Å²) >= 11 is 0. The van der Waals surface area contributed by atoms with Crippen molar-refractivity contribution in [1.29, 1.82) is 0 Å². The van der Waals surface area contributed by atoms with E-state index in [2.05, 4.69) is 5.32 Å². The molecule has 0 saturated carbocycles. The minimum Gasteiger partial charge on any atom is -0.316 e. The molecule has 2 nitrogen and oxygen atoms in total. The molecule has 1 aliphatic heterocycles. The van der Waals surface area contributed by atoms with Gasteiger partial charge in [0.1, 0.15) is 5.82 Å². The van der Waals surface area contributed by atoms with E-state index in [9.17, 15) is 9.18 Å². The van der Waals surface area contributed by atoms with Crippen LogP contribution in [-0.4, -0.2) is 18.9 Å². The van der Waals surface area contributed by atoms with Crippen LogP contribution in [0.5, 0.6) is 0 Å². The topological polar surface area (TPSA) is 29.1 Å². The third-order valence-corrected chi connectivity index (χ3v) is 4.01. The van der Waals surface area contributed by atoms with Gasteiger partial charge in [-0.05, 0) is 31.0 Å². The van der Waals surface area contributed by atoms with E-state index in [4.69, 9.17) is 0 Å². The van der Waals surface area contributed by atoms with Crippen LogP contribution in [0.3, 0.4) is 0 Å². The second-order valence-electron chi connectivity index (χ2n) is 5.47. The summed E-state index contributed by atoms with van der Waals surface area (Å²) in [5.74, 6) is -0.322. The number of carbonyl (C=O) groups is 1. The van der Waals surface area contributed by atoms with Crippen LogP contribution in [0.25, 0.3) is 11.1 Å². The molecule has 0 radical (unpaired) electrons. The number of halogens is 1. The van der Waals surface area contributed by atoms with Crippen LogP contribution in [-0.2, 0) is 0 Å². The molecule has 1 heterocycles. The molecule has 1 fully saturated rings. The second-order valence-corrected chi connectivity index (χ2v) is 5.47. The van der Waals surface area contributed by atoms with E-state index in [1.807, 2.05) is 30.3 Å². The number of hydrogen-bond acceptors (Lipinski definition) is 2. The number of rotatable bonds is 3. The molecular formula is C18H18FNO. The Kier molecular flexibility index (Phi) is 4.11. The molecular weight excluding hydrogens is 265 g/mol. The molecule has 2 aromatic carbocycles. The lowest BCUT2D eigenvalue weighted by Gasteiger charge is -2.21. The molecule has 2 aromatic rings. The molecule has 1 atom stereocenters. The van der Waals surface area contributed by atoms with Gasteiger partial charge in [0.2, 0.25) is 0 Å². The van der Waals surface area contributed by atoms with Gasteiger partial charge in [-0.1, -0.05) is 42.5 Å². The van der Waals surface area contributed by atoms with Crippen molar-refractivity contribution in [2.24, 2.45) is 5.92 Å². The number of Topliss-reactive ketones (excluding diaryl/α,β-unsaturated/α-hetero) is 1. The van der Waals surface area contributed by atoms with Crippen LogP contribution in [0.4, 0.5) is 4.39 Å². The van der Waals surface area contributed by atoms with Gasteiger partial charge in [0.15, 0.2) is 5.78 Å². The van der Waals surface area contributed by atoms with Crippen molar-refractivity contribution in [2.75, 3.05) is 13.1 Å². The van der Waals surface area contributed by atoms with Gasteiger partial charge in [-0.15, -0.1) is 0 Å². The third-order valence-electron chi connectivity index (χ3n) is 4.01. The molecule has 0 aromatic heterocycles. The van der Waals surface area contributed by atoms with E-state index in [0.29, 0.717) is 17.7 Å². The van der Waals surface area contributed by atoms with E-state index in [1.54, 1.807) is 12.1 Å². The summed E-state index contributed by atoms with van der Waals surface area (Å²) in [7, 11) is 0. The summed E-state index contributed by atoms with van der Waals surface area (Å²) in [6.45, 7) is 1.66. The Hall–Kier alpha value is -2.00. The molecule has 21 heavy (non-hydrogen) atoms. The van der Waals surface area contributed by atoms with Gasteiger partial charge in [0.25, 0.3) is 0 Å². The Bertz CT molecular complexity index is 633. The van der Waals surface area contributed by atoms with Gasteiger partial charge in [-0.2, -0.15) is 0 Å². The SMILES string of the molecule is O=C(c1ccc(-c2ccccc2)c(F)c1)[C@@H]1CCCNC1. The number of piperidine rings is 1. The summed E-state index contributed by atoms with van der Waals surface area (Å²) in [5.41, 5.74) is 1.84.